The summed E-state index contributed by atoms with van der Waals surface area (Å²) >= 11 is 5.98. The van der Waals surface area contributed by atoms with Crippen molar-refractivity contribution in [2.45, 2.75) is 24.9 Å². The van der Waals surface area contributed by atoms with Gasteiger partial charge in [0, 0.05) is 37.0 Å². The van der Waals surface area contributed by atoms with E-state index in [4.69, 9.17) is 16.3 Å². The van der Waals surface area contributed by atoms with E-state index in [0.29, 0.717) is 34.7 Å². The smallest absolute Gasteiger partial charge is 0.191 e. The van der Waals surface area contributed by atoms with E-state index in [9.17, 15) is 8.42 Å². The average Bonchev–Trinajstić information content (AvgIpc) is 2.61. The summed E-state index contributed by atoms with van der Waals surface area (Å²) in [5.41, 5.74) is 2.65. The van der Waals surface area contributed by atoms with Crippen LogP contribution in [0.1, 0.15) is 16.7 Å². The number of rotatable bonds is 6. The number of halogens is 1. The maximum atomic E-state index is 11.7. The molecule has 0 aliphatic rings. The number of nitrogens with zero attached hydrogens (tertiary/aromatic N) is 1. The highest BCUT2D eigenvalue weighted by molar-refractivity contribution is 7.90. The molecule has 0 unspecified atom stereocenters. The summed E-state index contributed by atoms with van der Waals surface area (Å²) in [6.07, 6.45) is 1.21. The average molecular weight is 410 g/mol. The van der Waals surface area contributed by atoms with Gasteiger partial charge in [0.2, 0.25) is 0 Å². The lowest BCUT2D eigenvalue weighted by Crippen LogP contribution is -2.36. The van der Waals surface area contributed by atoms with Crippen LogP contribution in [0.15, 0.2) is 46.3 Å². The molecular formula is C19H24ClN3O3S. The second-order valence-corrected chi connectivity index (χ2v) is 8.53. The molecule has 0 saturated carbocycles. The van der Waals surface area contributed by atoms with Crippen molar-refractivity contribution in [1.29, 1.82) is 0 Å². The number of aliphatic imine (C=N–C) groups is 1. The van der Waals surface area contributed by atoms with Crippen LogP contribution in [0, 0.1) is 6.92 Å². The van der Waals surface area contributed by atoms with Gasteiger partial charge in [-0.15, -0.1) is 0 Å². The van der Waals surface area contributed by atoms with Gasteiger partial charge in [0.25, 0.3) is 0 Å². The molecule has 27 heavy (non-hydrogen) atoms. The van der Waals surface area contributed by atoms with Gasteiger partial charge in [-0.2, -0.15) is 0 Å². The zero-order chi connectivity index (χ0) is 20.0. The zero-order valence-corrected chi connectivity index (χ0v) is 17.4. The molecule has 0 amide bonds. The Morgan fingerprint density at radius 3 is 2.44 bits per heavy atom. The van der Waals surface area contributed by atoms with Crippen molar-refractivity contribution >= 4 is 27.4 Å². The molecule has 0 fully saturated rings. The van der Waals surface area contributed by atoms with Crippen LogP contribution < -0.4 is 15.4 Å². The lowest BCUT2D eigenvalue weighted by Gasteiger charge is -2.14. The number of hydrogen-bond acceptors (Lipinski definition) is 4. The normalized spacial score (nSPS) is 12.0. The fourth-order valence-corrected chi connectivity index (χ4v) is 3.81. The fraction of sp³-hybridized carbons (Fsp3) is 0.316. The van der Waals surface area contributed by atoms with Gasteiger partial charge >= 0.3 is 0 Å². The third kappa shape index (κ3) is 5.87. The lowest BCUT2D eigenvalue weighted by atomic mass is 10.1. The number of benzene rings is 2. The molecular weight excluding hydrogens is 386 g/mol. The molecule has 6 nitrogen and oxygen atoms in total. The minimum Gasteiger partial charge on any atom is -0.496 e. The largest absolute Gasteiger partial charge is 0.496 e. The molecule has 0 radical (unpaired) electrons. The third-order valence-electron chi connectivity index (χ3n) is 4.02. The molecule has 8 heteroatoms. The zero-order valence-electron chi connectivity index (χ0n) is 15.8. The summed E-state index contributed by atoms with van der Waals surface area (Å²) in [5.74, 6) is 1.33. The Bertz CT molecular complexity index is 943. The van der Waals surface area contributed by atoms with E-state index < -0.39 is 9.84 Å². The standard InChI is InChI=1S/C19H24ClN3O3S/c1-13-9-14(5-8-18(13)27(4,24)25)11-22-19(21-2)23-12-15-6-7-16(20)10-17(15)26-3/h5-10H,11-12H2,1-4H3,(H2,21,22,23). The first-order valence-corrected chi connectivity index (χ1v) is 10.6. The van der Waals surface area contributed by atoms with Crippen molar-refractivity contribution in [2.24, 2.45) is 4.99 Å². The second-order valence-electron chi connectivity index (χ2n) is 6.11. The Balaban J connectivity index is 1.99. The maximum absolute atomic E-state index is 11.7. The van der Waals surface area contributed by atoms with Crippen LogP contribution in [0.4, 0.5) is 0 Å². The Labute approximate surface area is 165 Å². The van der Waals surface area contributed by atoms with E-state index in [-0.39, 0.29) is 0 Å². The molecule has 146 valence electrons. The first-order valence-electron chi connectivity index (χ1n) is 8.31. The van der Waals surface area contributed by atoms with Gasteiger partial charge in [-0.05, 0) is 36.2 Å². The quantitative estimate of drug-likeness (QED) is 0.566. The number of sulfone groups is 1. The van der Waals surface area contributed by atoms with E-state index in [0.717, 1.165) is 16.7 Å². The number of methoxy groups -OCH3 is 1. The summed E-state index contributed by atoms with van der Waals surface area (Å²) in [5, 5.41) is 7.05. The van der Waals surface area contributed by atoms with Crippen LogP contribution in [0.2, 0.25) is 5.02 Å². The summed E-state index contributed by atoms with van der Waals surface area (Å²) in [7, 11) is 0.0759. The van der Waals surface area contributed by atoms with E-state index in [1.165, 1.54) is 6.26 Å². The highest BCUT2D eigenvalue weighted by atomic mass is 35.5. The number of hydrogen-bond donors (Lipinski definition) is 2. The molecule has 0 aromatic heterocycles. The highest BCUT2D eigenvalue weighted by Crippen LogP contribution is 2.22. The molecule has 0 saturated heterocycles. The molecule has 0 atom stereocenters. The third-order valence-corrected chi connectivity index (χ3v) is 5.51. The van der Waals surface area contributed by atoms with Crippen molar-refractivity contribution in [3.8, 4) is 5.75 Å². The monoisotopic (exact) mass is 409 g/mol. The molecule has 0 aliphatic heterocycles. The lowest BCUT2D eigenvalue weighted by molar-refractivity contribution is 0.409. The minimum atomic E-state index is -3.21. The summed E-state index contributed by atoms with van der Waals surface area (Å²) in [6, 6.07) is 10.8. The highest BCUT2D eigenvalue weighted by Gasteiger charge is 2.11. The molecule has 0 aliphatic carbocycles. The van der Waals surface area contributed by atoms with Gasteiger partial charge in [-0.3, -0.25) is 4.99 Å². The van der Waals surface area contributed by atoms with Crippen LogP contribution >= 0.6 is 11.6 Å². The molecule has 0 heterocycles. The summed E-state index contributed by atoms with van der Waals surface area (Å²) in [4.78, 5) is 4.55. The van der Waals surface area contributed by atoms with Crippen LogP contribution in [0.3, 0.4) is 0 Å². The number of nitrogens with one attached hydrogen (secondary N) is 2. The van der Waals surface area contributed by atoms with E-state index in [1.54, 1.807) is 39.3 Å². The van der Waals surface area contributed by atoms with Crippen molar-refractivity contribution in [3.05, 3.63) is 58.1 Å². The van der Waals surface area contributed by atoms with Gasteiger partial charge < -0.3 is 15.4 Å². The Morgan fingerprint density at radius 2 is 1.85 bits per heavy atom. The number of aryl methyl sites for hydroxylation is 1. The van der Waals surface area contributed by atoms with Gasteiger partial charge in [0.1, 0.15) is 5.75 Å². The van der Waals surface area contributed by atoms with Gasteiger partial charge in [-0.25, -0.2) is 8.42 Å². The molecule has 2 rings (SSSR count). The van der Waals surface area contributed by atoms with Crippen LogP contribution in [0.25, 0.3) is 0 Å². The van der Waals surface area contributed by atoms with Crippen molar-refractivity contribution in [3.63, 3.8) is 0 Å². The first kappa shape index (κ1) is 21.1. The van der Waals surface area contributed by atoms with Crippen molar-refractivity contribution < 1.29 is 13.2 Å². The van der Waals surface area contributed by atoms with Crippen molar-refractivity contribution in [1.82, 2.24) is 10.6 Å². The van der Waals surface area contributed by atoms with Gasteiger partial charge in [-0.1, -0.05) is 29.8 Å². The van der Waals surface area contributed by atoms with Gasteiger partial charge in [0.15, 0.2) is 15.8 Å². The van der Waals surface area contributed by atoms with Crippen LogP contribution in [-0.2, 0) is 22.9 Å². The van der Waals surface area contributed by atoms with E-state index in [2.05, 4.69) is 15.6 Å². The minimum absolute atomic E-state index is 0.351. The number of ether oxygens (including phenoxy) is 1. The Kier molecular flexibility index (Phi) is 7.10. The molecule has 0 bridgehead atoms. The summed E-state index contributed by atoms with van der Waals surface area (Å²) in [6.45, 7) is 2.83. The SMILES string of the molecule is CN=C(NCc1ccc(S(C)(=O)=O)c(C)c1)NCc1ccc(Cl)cc1OC. The Hall–Kier alpha value is -2.25. The predicted molar refractivity (Wildman–Crippen MR) is 109 cm³/mol. The van der Waals surface area contributed by atoms with Crippen LogP contribution in [-0.4, -0.2) is 34.8 Å². The fourth-order valence-electron chi connectivity index (χ4n) is 2.69. The molecule has 2 N–H and O–H groups in total. The first-order chi connectivity index (χ1) is 12.7. The molecule has 2 aromatic rings. The van der Waals surface area contributed by atoms with Crippen molar-refractivity contribution in [2.75, 3.05) is 20.4 Å². The Morgan fingerprint density at radius 1 is 1.15 bits per heavy atom. The maximum Gasteiger partial charge on any atom is 0.191 e. The molecule has 2 aromatic carbocycles. The molecule has 0 spiro atoms. The van der Waals surface area contributed by atoms with E-state index in [1.807, 2.05) is 18.2 Å². The van der Waals surface area contributed by atoms with Gasteiger partial charge in [0.05, 0.1) is 12.0 Å². The summed E-state index contributed by atoms with van der Waals surface area (Å²) < 4.78 is 28.8. The van der Waals surface area contributed by atoms with E-state index >= 15 is 0 Å². The second kappa shape index (κ2) is 9.10. The number of guanidine groups is 1. The predicted octanol–water partition coefficient (Wildman–Crippen LogP) is 2.93. The van der Waals surface area contributed by atoms with Crippen LogP contribution in [0.5, 0.6) is 5.75 Å². The topological polar surface area (TPSA) is 79.8 Å².